The first-order valence-corrected chi connectivity index (χ1v) is 7.26. The van der Waals surface area contributed by atoms with Crippen LogP contribution in [0.2, 0.25) is 5.02 Å². The molecule has 1 heterocycles. The topological polar surface area (TPSA) is 42.0 Å². The molecular formula is C17H10ClF3N2O. The zero-order chi connectivity index (χ0) is 17.3. The first-order valence-electron chi connectivity index (χ1n) is 6.89. The summed E-state index contributed by atoms with van der Waals surface area (Å²) in [5.74, 6) is -0.851. The monoisotopic (exact) mass is 350 g/mol. The first kappa shape index (κ1) is 16.3. The summed E-state index contributed by atoms with van der Waals surface area (Å²) in [6.45, 7) is 0. The third-order valence-corrected chi connectivity index (χ3v) is 3.75. The van der Waals surface area contributed by atoms with Crippen molar-refractivity contribution in [2.45, 2.75) is 6.18 Å². The van der Waals surface area contributed by atoms with Crippen molar-refractivity contribution in [2.75, 3.05) is 5.32 Å². The number of fused-ring (bicyclic) bond motifs is 1. The Balaban J connectivity index is 2.02. The molecule has 0 unspecified atom stereocenters. The van der Waals surface area contributed by atoms with Gasteiger partial charge in [-0.1, -0.05) is 23.7 Å². The van der Waals surface area contributed by atoms with Gasteiger partial charge in [0.25, 0.3) is 5.91 Å². The zero-order valence-electron chi connectivity index (χ0n) is 12.1. The molecular weight excluding hydrogens is 341 g/mol. The van der Waals surface area contributed by atoms with Crippen molar-refractivity contribution >= 4 is 34.1 Å². The molecule has 3 nitrogen and oxygen atoms in total. The Kier molecular flexibility index (Phi) is 4.15. The molecule has 0 atom stereocenters. The third kappa shape index (κ3) is 3.05. The van der Waals surface area contributed by atoms with E-state index in [0.29, 0.717) is 21.6 Å². The summed E-state index contributed by atoms with van der Waals surface area (Å²) in [4.78, 5) is 16.5. The van der Waals surface area contributed by atoms with E-state index in [-0.39, 0.29) is 0 Å². The molecule has 7 heteroatoms. The van der Waals surface area contributed by atoms with Crippen molar-refractivity contribution in [1.29, 1.82) is 0 Å². The lowest BCUT2D eigenvalue weighted by Gasteiger charge is -2.13. The number of hydrogen-bond acceptors (Lipinski definition) is 2. The normalized spacial score (nSPS) is 11.5. The number of carbonyl (C=O) groups is 1. The average Bonchev–Trinajstić information content (AvgIpc) is 2.57. The molecule has 0 radical (unpaired) electrons. The minimum absolute atomic E-state index is 0.337. The molecule has 0 spiro atoms. The molecule has 0 aliphatic carbocycles. The van der Waals surface area contributed by atoms with E-state index in [1.807, 2.05) is 0 Å². The standard InChI is InChI=1S/C17H10ClF3N2O/c18-13-7-8-14(11-5-3-9-22-15(11)13)23-16(24)10-4-1-2-6-12(10)17(19,20)21/h1-9H,(H,23,24). The van der Waals surface area contributed by atoms with Crippen LogP contribution >= 0.6 is 11.6 Å². The quantitative estimate of drug-likeness (QED) is 0.693. The van der Waals surface area contributed by atoms with Gasteiger partial charge < -0.3 is 5.32 Å². The molecule has 1 N–H and O–H groups in total. The van der Waals surface area contributed by atoms with Crippen molar-refractivity contribution < 1.29 is 18.0 Å². The number of pyridine rings is 1. The zero-order valence-corrected chi connectivity index (χ0v) is 12.8. The predicted octanol–water partition coefficient (Wildman–Crippen LogP) is 5.16. The molecule has 0 aliphatic heterocycles. The second-order valence-corrected chi connectivity index (χ2v) is 5.40. The van der Waals surface area contributed by atoms with Gasteiger partial charge in [0.05, 0.1) is 27.4 Å². The van der Waals surface area contributed by atoms with Crippen LogP contribution in [-0.2, 0) is 6.18 Å². The van der Waals surface area contributed by atoms with Crippen LogP contribution in [0.5, 0.6) is 0 Å². The maximum atomic E-state index is 13.0. The highest BCUT2D eigenvalue weighted by molar-refractivity contribution is 6.35. The van der Waals surface area contributed by atoms with Crippen molar-refractivity contribution in [3.63, 3.8) is 0 Å². The van der Waals surface area contributed by atoms with E-state index < -0.39 is 23.2 Å². The van der Waals surface area contributed by atoms with E-state index in [1.165, 1.54) is 24.3 Å². The number of carbonyl (C=O) groups excluding carboxylic acids is 1. The van der Waals surface area contributed by atoms with Crippen LogP contribution in [0.1, 0.15) is 15.9 Å². The van der Waals surface area contributed by atoms with Crippen LogP contribution in [-0.4, -0.2) is 10.9 Å². The summed E-state index contributed by atoms with van der Waals surface area (Å²) in [5.41, 5.74) is -0.638. The Morgan fingerprint density at radius 1 is 1.04 bits per heavy atom. The van der Waals surface area contributed by atoms with Gasteiger partial charge in [0, 0.05) is 11.6 Å². The molecule has 24 heavy (non-hydrogen) atoms. The summed E-state index contributed by atoms with van der Waals surface area (Å²) in [6.07, 6.45) is -3.07. The van der Waals surface area contributed by atoms with E-state index in [9.17, 15) is 18.0 Å². The van der Waals surface area contributed by atoms with Crippen LogP contribution in [0.15, 0.2) is 54.7 Å². The average molecular weight is 351 g/mol. The fourth-order valence-corrected chi connectivity index (χ4v) is 2.58. The van der Waals surface area contributed by atoms with E-state index >= 15 is 0 Å². The molecule has 2 aromatic carbocycles. The fraction of sp³-hybridized carbons (Fsp3) is 0.0588. The van der Waals surface area contributed by atoms with Crippen molar-refractivity contribution in [3.05, 3.63) is 70.9 Å². The molecule has 122 valence electrons. The number of hydrogen-bond donors (Lipinski definition) is 1. The molecule has 0 aliphatic rings. The van der Waals surface area contributed by atoms with Crippen LogP contribution in [0.25, 0.3) is 10.9 Å². The van der Waals surface area contributed by atoms with Crippen molar-refractivity contribution in [2.24, 2.45) is 0 Å². The third-order valence-electron chi connectivity index (χ3n) is 3.45. The summed E-state index contributed by atoms with van der Waals surface area (Å²) in [5, 5.41) is 3.44. The highest BCUT2D eigenvalue weighted by atomic mass is 35.5. The Morgan fingerprint density at radius 2 is 1.79 bits per heavy atom. The number of alkyl halides is 3. The van der Waals surface area contributed by atoms with Crippen LogP contribution in [0, 0.1) is 0 Å². The summed E-state index contributed by atoms with van der Waals surface area (Å²) in [6, 6.07) is 11.0. The fourth-order valence-electron chi connectivity index (χ4n) is 2.37. The minimum atomic E-state index is -4.61. The molecule has 1 amide bonds. The number of benzene rings is 2. The van der Waals surface area contributed by atoms with Gasteiger partial charge in [0.2, 0.25) is 0 Å². The smallest absolute Gasteiger partial charge is 0.321 e. The van der Waals surface area contributed by atoms with Gasteiger partial charge in [0.15, 0.2) is 0 Å². The van der Waals surface area contributed by atoms with E-state index in [1.54, 1.807) is 18.3 Å². The Bertz CT molecular complexity index is 925. The second-order valence-electron chi connectivity index (χ2n) is 4.99. The molecule has 0 fully saturated rings. The highest BCUT2D eigenvalue weighted by Gasteiger charge is 2.34. The van der Waals surface area contributed by atoms with Crippen molar-refractivity contribution in [1.82, 2.24) is 4.98 Å². The predicted molar refractivity (Wildman–Crippen MR) is 86.2 cm³/mol. The largest absolute Gasteiger partial charge is 0.417 e. The maximum Gasteiger partial charge on any atom is 0.417 e. The van der Waals surface area contributed by atoms with Crippen molar-refractivity contribution in [3.8, 4) is 0 Å². The molecule has 3 rings (SSSR count). The number of nitrogens with one attached hydrogen (secondary N) is 1. The Labute approximate surface area is 140 Å². The maximum absolute atomic E-state index is 13.0. The van der Waals surface area contributed by atoms with Gasteiger partial charge in [0.1, 0.15) is 0 Å². The lowest BCUT2D eigenvalue weighted by atomic mass is 10.1. The van der Waals surface area contributed by atoms with Gasteiger partial charge in [-0.25, -0.2) is 0 Å². The van der Waals surface area contributed by atoms with E-state index in [2.05, 4.69) is 10.3 Å². The van der Waals surface area contributed by atoms with E-state index in [4.69, 9.17) is 11.6 Å². The number of aromatic nitrogens is 1. The van der Waals surface area contributed by atoms with Gasteiger partial charge in [-0.3, -0.25) is 9.78 Å². The van der Waals surface area contributed by atoms with Crippen LogP contribution in [0.3, 0.4) is 0 Å². The molecule has 0 bridgehead atoms. The number of amides is 1. The minimum Gasteiger partial charge on any atom is -0.321 e. The van der Waals surface area contributed by atoms with Crippen LogP contribution < -0.4 is 5.32 Å². The summed E-state index contributed by atoms with van der Waals surface area (Å²) < 4.78 is 39.1. The van der Waals surface area contributed by atoms with Crippen LogP contribution in [0.4, 0.5) is 18.9 Å². The Hall–Kier alpha value is -2.60. The number of anilines is 1. The van der Waals surface area contributed by atoms with Gasteiger partial charge >= 0.3 is 6.18 Å². The second kappa shape index (κ2) is 6.13. The first-order chi connectivity index (χ1) is 11.4. The molecule has 0 saturated carbocycles. The number of nitrogens with zero attached hydrogens (tertiary/aromatic N) is 1. The lowest BCUT2D eigenvalue weighted by Crippen LogP contribution is -2.18. The molecule has 1 aromatic heterocycles. The van der Waals surface area contributed by atoms with Gasteiger partial charge in [-0.05, 0) is 36.4 Å². The highest BCUT2D eigenvalue weighted by Crippen LogP contribution is 2.33. The lowest BCUT2D eigenvalue weighted by molar-refractivity contribution is -0.137. The van der Waals surface area contributed by atoms with E-state index in [0.717, 1.165) is 12.1 Å². The van der Waals surface area contributed by atoms with Gasteiger partial charge in [-0.2, -0.15) is 13.2 Å². The Morgan fingerprint density at radius 3 is 2.54 bits per heavy atom. The molecule has 3 aromatic rings. The SMILES string of the molecule is O=C(Nc1ccc(Cl)c2ncccc12)c1ccccc1C(F)(F)F. The summed E-state index contributed by atoms with van der Waals surface area (Å²) in [7, 11) is 0. The molecule has 0 saturated heterocycles. The number of halogens is 4. The summed E-state index contributed by atoms with van der Waals surface area (Å²) >= 11 is 6.04. The number of rotatable bonds is 2. The van der Waals surface area contributed by atoms with Gasteiger partial charge in [-0.15, -0.1) is 0 Å².